The first-order valence-electron chi connectivity index (χ1n) is 8.36. The number of carbonyl (C=O) groups is 2. The highest BCUT2D eigenvalue weighted by atomic mass is 35.5. The predicted molar refractivity (Wildman–Crippen MR) is 103 cm³/mol. The fourth-order valence-corrected chi connectivity index (χ4v) is 2.94. The number of pyridine rings is 1. The van der Waals surface area contributed by atoms with E-state index < -0.39 is 5.97 Å². The second-order valence-electron chi connectivity index (χ2n) is 6.36. The van der Waals surface area contributed by atoms with Crippen LogP contribution in [0.15, 0.2) is 30.5 Å². The molecule has 140 valence electrons. The molecule has 1 N–H and O–H groups in total. The van der Waals surface area contributed by atoms with E-state index in [1.807, 2.05) is 18.5 Å². The van der Waals surface area contributed by atoms with Gasteiger partial charge in [-0.1, -0.05) is 11.6 Å². The Labute approximate surface area is 161 Å². The normalized spacial score (nSPS) is 11.0. The minimum atomic E-state index is -0.573. The Hall–Kier alpha value is -2.93. The van der Waals surface area contributed by atoms with Gasteiger partial charge in [0.1, 0.15) is 0 Å². The van der Waals surface area contributed by atoms with Gasteiger partial charge in [-0.15, -0.1) is 0 Å². The van der Waals surface area contributed by atoms with E-state index in [2.05, 4.69) is 15.4 Å². The number of aryl methyl sites for hydroxylation is 1. The van der Waals surface area contributed by atoms with Crippen molar-refractivity contribution in [2.45, 2.75) is 26.8 Å². The molecule has 0 bridgehead atoms. The summed E-state index contributed by atoms with van der Waals surface area (Å²) in [5, 5.41) is 8.13. The zero-order valence-electron chi connectivity index (χ0n) is 15.4. The number of nitrogens with zero attached hydrogens (tertiary/aromatic N) is 3. The Morgan fingerprint density at radius 1 is 1.22 bits per heavy atom. The Balaban J connectivity index is 1.93. The molecule has 0 saturated carbocycles. The van der Waals surface area contributed by atoms with E-state index >= 15 is 0 Å². The molecule has 0 aliphatic heterocycles. The zero-order chi connectivity index (χ0) is 19.7. The molecule has 0 unspecified atom stereocenters. The molecule has 0 saturated heterocycles. The highest BCUT2D eigenvalue weighted by Gasteiger charge is 2.17. The van der Waals surface area contributed by atoms with Crippen molar-refractivity contribution >= 4 is 40.2 Å². The van der Waals surface area contributed by atoms with Crippen LogP contribution in [-0.2, 0) is 4.74 Å². The number of anilines is 1. The molecule has 8 heteroatoms. The van der Waals surface area contributed by atoms with Crippen molar-refractivity contribution < 1.29 is 14.3 Å². The number of hydrogen-bond acceptors (Lipinski definition) is 5. The maximum atomic E-state index is 12.7. The maximum Gasteiger partial charge on any atom is 0.339 e. The van der Waals surface area contributed by atoms with Gasteiger partial charge in [0.15, 0.2) is 5.65 Å². The zero-order valence-corrected chi connectivity index (χ0v) is 16.2. The van der Waals surface area contributed by atoms with Gasteiger partial charge in [0, 0.05) is 17.1 Å². The minimum absolute atomic E-state index is 0.167. The summed E-state index contributed by atoms with van der Waals surface area (Å²) in [6.45, 7) is 5.81. The fourth-order valence-electron chi connectivity index (χ4n) is 2.74. The molecule has 1 aromatic carbocycles. The Morgan fingerprint density at radius 2 is 1.96 bits per heavy atom. The lowest BCUT2D eigenvalue weighted by Crippen LogP contribution is -2.15. The molecule has 3 aromatic rings. The van der Waals surface area contributed by atoms with E-state index in [9.17, 15) is 9.59 Å². The summed E-state index contributed by atoms with van der Waals surface area (Å²) in [6.07, 6.45) is 1.69. The van der Waals surface area contributed by atoms with Gasteiger partial charge in [-0.25, -0.2) is 14.5 Å². The van der Waals surface area contributed by atoms with Crippen LogP contribution in [0.5, 0.6) is 0 Å². The van der Waals surface area contributed by atoms with Gasteiger partial charge >= 0.3 is 5.97 Å². The highest BCUT2D eigenvalue weighted by Crippen LogP contribution is 2.23. The number of esters is 1. The van der Waals surface area contributed by atoms with Gasteiger partial charge in [-0.05, 0) is 45.0 Å². The first-order valence-corrected chi connectivity index (χ1v) is 8.73. The molecule has 0 spiro atoms. The van der Waals surface area contributed by atoms with Crippen LogP contribution < -0.4 is 5.32 Å². The van der Waals surface area contributed by atoms with Gasteiger partial charge in [-0.3, -0.25) is 4.79 Å². The van der Waals surface area contributed by atoms with Gasteiger partial charge in [0.25, 0.3) is 5.91 Å². The van der Waals surface area contributed by atoms with Crippen LogP contribution in [0, 0.1) is 6.92 Å². The van der Waals surface area contributed by atoms with Crippen LogP contribution in [-0.4, -0.2) is 33.8 Å². The molecule has 0 radical (unpaired) electrons. The van der Waals surface area contributed by atoms with Crippen LogP contribution in [0.2, 0.25) is 5.02 Å². The number of aromatic nitrogens is 3. The fraction of sp³-hybridized carbons (Fsp3) is 0.263. The number of rotatable bonds is 4. The quantitative estimate of drug-likeness (QED) is 0.684. The molecular formula is C19H19ClN4O3. The van der Waals surface area contributed by atoms with Crippen molar-refractivity contribution in [3.05, 3.63) is 52.3 Å². The maximum absolute atomic E-state index is 12.7. The van der Waals surface area contributed by atoms with Gasteiger partial charge < -0.3 is 10.1 Å². The second kappa shape index (κ2) is 7.36. The lowest BCUT2D eigenvalue weighted by atomic mass is 10.1. The number of ether oxygens (including phenoxy) is 1. The highest BCUT2D eigenvalue weighted by molar-refractivity contribution is 6.33. The van der Waals surface area contributed by atoms with Gasteiger partial charge in [0.2, 0.25) is 0 Å². The van der Waals surface area contributed by atoms with Gasteiger partial charge in [-0.2, -0.15) is 5.10 Å². The van der Waals surface area contributed by atoms with E-state index in [4.69, 9.17) is 16.3 Å². The lowest BCUT2D eigenvalue weighted by molar-refractivity contribution is 0.0600. The van der Waals surface area contributed by atoms with E-state index in [1.165, 1.54) is 19.2 Å². The Kier molecular flexibility index (Phi) is 5.14. The molecule has 0 fully saturated rings. The lowest BCUT2D eigenvalue weighted by Gasteiger charge is -2.11. The van der Waals surface area contributed by atoms with E-state index in [-0.39, 0.29) is 22.5 Å². The molecule has 27 heavy (non-hydrogen) atoms. The van der Waals surface area contributed by atoms with Crippen molar-refractivity contribution in [3.8, 4) is 0 Å². The average Bonchev–Trinajstić information content (AvgIpc) is 3.04. The number of halogens is 1. The monoisotopic (exact) mass is 386 g/mol. The van der Waals surface area contributed by atoms with Crippen molar-refractivity contribution in [1.82, 2.24) is 14.8 Å². The first kappa shape index (κ1) is 18.8. The van der Waals surface area contributed by atoms with Crippen LogP contribution in [0.25, 0.3) is 11.0 Å². The number of fused-ring (bicyclic) bond motifs is 1. The number of nitrogens with one attached hydrogen (secondary N) is 1. The summed E-state index contributed by atoms with van der Waals surface area (Å²) < 4.78 is 6.51. The summed E-state index contributed by atoms with van der Waals surface area (Å²) in [4.78, 5) is 29.0. The minimum Gasteiger partial charge on any atom is -0.465 e. The number of carbonyl (C=O) groups excluding carboxylic acids is 2. The molecule has 1 amide bonds. The van der Waals surface area contributed by atoms with Crippen LogP contribution in [0.1, 0.15) is 46.3 Å². The van der Waals surface area contributed by atoms with E-state index in [0.29, 0.717) is 16.9 Å². The standard InChI is InChI=1S/C19H19ClN4O3/c1-10(2)24-17-12(9-21-24)7-14(11(3)22-17)18(25)23-13-5-6-16(20)15(8-13)19(26)27-4/h5-10H,1-4H3,(H,23,25). The molecule has 2 heterocycles. The summed E-state index contributed by atoms with van der Waals surface area (Å²) in [6, 6.07) is 6.55. The Morgan fingerprint density at radius 3 is 2.63 bits per heavy atom. The number of benzene rings is 1. The number of amides is 1. The number of hydrogen-bond donors (Lipinski definition) is 1. The van der Waals surface area contributed by atoms with Crippen molar-refractivity contribution in [1.29, 1.82) is 0 Å². The van der Waals surface area contributed by atoms with E-state index in [0.717, 1.165) is 11.0 Å². The van der Waals surface area contributed by atoms with Gasteiger partial charge in [0.05, 0.1) is 35.2 Å². The molecule has 2 aromatic heterocycles. The third-order valence-corrected chi connectivity index (χ3v) is 4.45. The SMILES string of the molecule is COC(=O)c1cc(NC(=O)c2cc3cnn(C(C)C)c3nc2C)ccc1Cl. The van der Waals surface area contributed by atoms with E-state index in [1.54, 1.807) is 25.3 Å². The molecule has 0 aliphatic carbocycles. The summed E-state index contributed by atoms with van der Waals surface area (Å²) in [7, 11) is 1.27. The summed E-state index contributed by atoms with van der Waals surface area (Å²) in [5.74, 6) is -0.909. The Bertz CT molecular complexity index is 1040. The summed E-state index contributed by atoms with van der Waals surface area (Å²) >= 11 is 6.01. The topological polar surface area (TPSA) is 86.1 Å². The smallest absolute Gasteiger partial charge is 0.339 e. The van der Waals surface area contributed by atoms with Crippen LogP contribution >= 0.6 is 11.6 Å². The second-order valence-corrected chi connectivity index (χ2v) is 6.76. The van der Waals surface area contributed by atoms with Crippen molar-refractivity contribution in [2.75, 3.05) is 12.4 Å². The molecule has 3 rings (SSSR count). The molecule has 0 aliphatic rings. The third-order valence-electron chi connectivity index (χ3n) is 4.12. The molecule has 0 atom stereocenters. The summed E-state index contributed by atoms with van der Waals surface area (Å²) in [5.41, 5.74) is 2.37. The van der Waals surface area contributed by atoms with Crippen LogP contribution in [0.3, 0.4) is 0 Å². The van der Waals surface area contributed by atoms with Crippen molar-refractivity contribution in [2.24, 2.45) is 0 Å². The molecular weight excluding hydrogens is 368 g/mol. The largest absolute Gasteiger partial charge is 0.465 e. The predicted octanol–water partition coefficient (Wildman–Crippen LogP) is 4.01. The molecule has 7 nitrogen and oxygen atoms in total. The average molecular weight is 387 g/mol. The first-order chi connectivity index (χ1) is 12.8. The number of methoxy groups -OCH3 is 1. The van der Waals surface area contributed by atoms with Crippen molar-refractivity contribution in [3.63, 3.8) is 0 Å². The third kappa shape index (κ3) is 3.64. The van der Waals surface area contributed by atoms with Crippen LogP contribution in [0.4, 0.5) is 5.69 Å².